The number of nitrogens with zero attached hydrogens (tertiary/aromatic N) is 3. The van der Waals surface area contributed by atoms with E-state index < -0.39 is 5.54 Å². The molecule has 0 radical (unpaired) electrons. The molecule has 3 aromatic heterocycles. The van der Waals surface area contributed by atoms with E-state index in [1.54, 1.807) is 0 Å². The van der Waals surface area contributed by atoms with Crippen molar-refractivity contribution < 1.29 is 14.3 Å². The predicted octanol–water partition coefficient (Wildman–Crippen LogP) is 4.33. The van der Waals surface area contributed by atoms with Crippen molar-refractivity contribution in [3.63, 3.8) is 0 Å². The quantitative estimate of drug-likeness (QED) is 0.549. The lowest BCUT2D eigenvalue weighted by molar-refractivity contribution is 0.0183. The van der Waals surface area contributed by atoms with E-state index in [-0.39, 0.29) is 23.6 Å². The van der Waals surface area contributed by atoms with Crippen molar-refractivity contribution >= 4 is 16.7 Å². The van der Waals surface area contributed by atoms with Gasteiger partial charge in [0.1, 0.15) is 12.2 Å². The number of esters is 1. The summed E-state index contributed by atoms with van der Waals surface area (Å²) in [6, 6.07) is 5.86. The van der Waals surface area contributed by atoms with E-state index in [4.69, 9.17) is 25.2 Å². The monoisotopic (exact) mass is 458 g/mol. The molecule has 7 nitrogen and oxygen atoms in total. The van der Waals surface area contributed by atoms with Crippen molar-refractivity contribution in [1.29, 1.82) is 0 Å². The van der Waals surface area contributed by atoms with Gasteiger partial charge < -0.3 is 15.2 Å². The van der Waals surface area contributed by atoms with Crippen LogP contribution in [-0.4, -0.2) is 33.1 Å². The lowest BCUT2D eigenvalue weighted by Crippen LogP contribution is -2.36. The molecule has 34 heavy (non-hydrogen) atoms. The number of hydrogen-bond acceptors (Lipinski definition) is 7. The molecule has 7 heteroatoms. The molecule has 0 saturated heterocycles. The third kappa shape index (κ3) is 3.45. The maximum Gasteiger partial charge on any atom is 0.340 e. The second-order valence-corrected chi connectivity index (χ2v) is 10.4. The van der Waals surface area contributed by atoms with Crippen molar-refractivity contribution in [2.24, 2.45) is 5.73 Å². The van der Waals surface area contributed by atoms with Gasteiger partial charge in [0.15, 0.2) is 0 Å². The second-order valence-electron chi connectivity index (χ2n) is 10.4. The minimum absolute atomic E-state index is 0.119. The molecule has 176 valence electrons. The number of hydrogen-bond donors (Lipinski definition) is 1. The van der Waals surface area contributed by atoms with Crippen LogP contribution in [0.15, 0.2) is 30.6 Å². The van der Waals surface area contributed by atoms with E-state index in [1.165, 1.54) is 0 Å². The largest absolute Gasteiger partial charge is 0.474 e. The van der Waals surface area contributed by atoms with Gasteiger partial charge in [-0.15, -0.1) is 0 Å². The summed E-state index contributed by atoms with van der Waals surface area (Å²) in [7, 11) is 0. The summed E-state index contributed by atoms with van der Waals surface area (Å²) in [6.07, 6.45) is 9.32. The molecule has 2 N–H and O–H groups in total. The normalized spacial score (nSPS) is 22.2. The Balaban J connectivity index is 1.40. The maximum atomic E-state index is 12.4. The van der Waals surface area contributed by atoms with Gasteiger partial charge in [0.25, 0.3) is 0 Å². The average Bonchev–Trinajstić information content (AvgIpc) is 3.74. The van der Waals surface area contributed by atoms with Crippen LogP contribution >= 0.6 is 0 Å². The van der Waals surface area contributed by atoms with E-state index in [0.717, 1.165) is 65.5 Å². The molecule has 2 aliphatic carbocycles. The van der Waals surface area contributed by atoms with Crippen LogP contribution in [0.2, 0.25) is 0 Å². The highest BCUT2D eigenvalue weighted by Gasteiger charge is 2.56. The SMILES string of the molecule is CC[C@](C)(N)c1cnc(OC2CC2)c2cnc(Cc3ccc4c(n3)C3(CC3)[C@@H](C)OC4=O)cc12. The van der Waals surface area contributed by atoms with Crippen molar-refractivity contribution in [2.75, 3.05) is 0 Å². The van der Waals surface area contributed by atoms with Crippen LogP contribution in [0.5, 0.6) is 5.88 Å². The third-order valence-corrected chi connectivity index (χ3v) is 7.80. The summed E-state index contributed by atoms with van der Waals surface area (Å²) >= 11 is 0. The highest BCUT2D eigenvalue weighted by molar-refractivity contribution is 5.93. The number of nitrogens with two attached hydrogens (primary N) is 1. The second kappa shape index (κ2) is 7.47. The van der Waals surface area contributed by atoms with Crippen molar-refractivity contribution in [3.05, 3.63) is 58.8 Å². The van der Waals surface area contributed by atoms with Crippen LogP contribution in [0.1, 0.15) is 85.9 Å². The van der Waals surface area contributed by atoms with E-state index in [9.17, 15) is 4.79 Å². The molecule has 3 aliphatic rings. The first-order valence-electron chi connectivity index (χ1n) is 12.3. The molecular formula is C27H30N4O3. The fourth-order valence-electron chi connectivity index (χ4n) is 4.97. The van der Waals surface area contributed by atoms with Gasteiger partial charge in [-0.2, -0.15) is 0 Å². The molecule has 2 fully saturated rings. The third-order valence-electron chi connectivity index (χ3n) is 7.80. The molecule has 2 saturated carbocycles. The molecule has 3 aromatic rings. The van der Waals surface area contributed by atoms with Crippen LogP contribution in [0.4, 0.5) is 0 Å². The van der Waals surface area contributed by atoms with E-state index >= 15 is 0 Å². The summed E-state index contributed by atoms with van der Waals surface area (Å²) in [5.41, 5.74) is 10.3. The average molecular weight is 459 g/mol. The Bertz CT molecular complexity index is 1310. The number of cyclic esters (lactones) is 1. The van der Waals surface area contributed by atoms with Gasteiger partial charge in [0, 0.05) is 35.7 Å². The first-order chi connectivity index (χ1) is 16.3. The maximum absolute atomic E-state index is 12.4. The van der Waals surface area contributed by atoms with Gasteiger partial charge in [0.05, 0.1) is 22.1 Å². The van der Waals surface area contributed by atoms with Gasteiger partial charge >= 0.3 is 5.97 Å². The molecule has 1 aliphatic heterocycles. The fraction of sp³-hybridized carbons (Fsp3) is 0.481. The Morgan fingerprint density at radius 2 is 1.97 bits per heavy atom. The number of carbonyl (C=O) groups is 1. The molecule has 0 amide bonds. The van der Waals surface area contributed by atoms with Crippen molar-refractivity contribution in [3.8, 4) is 5.88 Å². The molecule has 4 heterocycles. The molecular weight excluding hydrogens is 428 g/mol. The number of carbonyl (C=O) groups excluding carboxylic acids is 1. The Morgan fingerprint density at radius 3 is 2.68 bits per heavy atom. The van der Waals surface area contributed by atoms with Gasteiger partial charge in [-0.05, 0) is 75.1 Å². The number of ether oxygens (including phenoxy) is 2. The minimum atomic E-state index is -0.513. The highest BCUT2D eigenvalue weighted by Crippen LogP contribution is 2.54. The Kier molecular flexibility index (Phi) is 4.72. The molecule has 0 bridgehead atoms. The number of fused-ring (bicyclic) bond motifs is 3. The molecule has 6 rings (SSSR count). The number of pyridine rings is 3. The molecule has 0 unspecified atom stereocenters. The van der Waals surface area contributed by atoms with E-state index in [2.05, 4.69) is 18.0 Å². The summed E-state index contributed by atoms with van der Waals surface area (Å²) in [5, 5.41) is 1.92. The number of rotatable bonds is 6. The molecule has 1 spiro atoms. The standard InChI is InChI=1S/C27H30N4O3/c1-4-26(3,28)22-14-30-24(34-18-6-7-18)21-13-29-17(12-20(21)22)11-16-5-8-19-23(31-16)27(9-10-27)15(2)33-25(19)32/h5,8,12-15,18H,4,6-7,9-11,28H2,1-3H3/t15-,26+/m1/s1. The lowest BCUT2D eigenvalue weighted by Gasteiger charge is -2.30. The van der Waals surface area contributed by atoms with Crippen molar-refractivity contribution in [1.82, 2.24) is 15.0 Å². The van der Waals surface area contributed by atoms with Crippen LogP contribution in [0, 0.1) is 0 Å². The summed E-state index contributed by atoms with van der Waals surface area (Å²) < 4.78 is 11.6. The van der Waals surface area contributed by atoms with Gasteiger partial charge in [-0.25, -0.2) is 9.78 Å². The zero-order chi connectivity index (χ0) is 23.7. The van der Waals surface area contributed by atoms with E-state index in [1.807, 2.05) is 38.4 Å². The van der Waals surface area contributed by atoms with Crippen LogP contribution in [0.25, 0.3) is 10.8 Å². The molecule has 2 atom stereocenters. The predicted molar refractivity (Wildman–Crippen MR) is 128 cm³/mol. The van der Waals surface area contributed by atoms with Crippen LogP contribution in [0.3, 0.4) is 0 Å². The Labute approximate surface area is 199 Å². The van der Waals surface area contributed by atoms with E-state index in [0.29, 0.717) is 17.9 Å². The zero-order valence-corrected chi connectivity index (χ0v) is 19.9. The first-order valence-corrected chi connectivity index (χ1v) is 12.3. The summed E-state index contributed by atoms with van der Waals surface area (Å²) in [4.78, 5) is 26.7. The smallest absolute Gasteiger partial charge is 0.340 e. The van der Waals surface area contributed by atoms with Gasteiger partial charge in [-0.3, -0.25) is 9.97 Å². The van der Waals surface area contributed by atoms with Crippen LogP contribution in [-0.2, 0) is 22.1 Å². The minimum Gasteiger partial charge on any atom is -0.474 e. The van der Waals surface area contributed by atoms with Crippen LogP contribution < -0.4 is 10.5 Å². The lowest BCUT2D eigenvalue weighted by atomic mass is 9.88. The van der Waals surface area contributed by atoms with Gasteiger partial charge in [0.2, 0.25) is 5.88 Å². The highest BCUT2D eigenvalue weighted by atomic mass is 16.5. The molecule has 0 aromatic carbocycles. The zero-order valence-electron chi connectivity index (χ0n) is 19.9. The van der Waals surface area contributed by atoms with Crippen molar-refractivity contribution in [2.45, 2.75) is 82.5 Å². The Hall–Kier alpha value is -3.06. The topological polar surface area (TPSA) is 100 Å². The Morgan fingerprint density at radius 1 is 1.18 bits per heavy atom. The number of aromatic nitrogens is 3. The fourth-order valence-corrected chi connectivity index (χ4v) is 4.97. The summed E-state index contributed by atoms with van der Waals surface area (Å²) in [5.74, 6) is 0.354. The van der Waals surface area contributed by atoms with Gasteiger partial charge in [-0.1, -0.05) is 6.92 Å². The summed E-state index contributed by atoms with van der Waals surface area (Å²) in [6.45, 7) is 6.09. The first kappa shape index (κ1) is 21.5.